The van der Waals surface area contributed by atoms with Crippen LogP contribution in [0.4, 0.5) is 0 Å². The molecule has 1 aliphatic rings. The van der Waals surface area contributed by atoms with Gasteiger partial charge in [-0.05, 0) is 31.1 Å². The van der Waals surface area contributed by atoms with Gasteiger partial charge in [0.15, 0.2) is 11.5 Å². The highest BCUT2D eigenvalue weighted by atomic mass is 16.5. The molecule has 146 valence electrons. The molecule has 0 bridgehead atoms. The second kappa shape index (κ2) is 9.23. The van der Waals surface area contributed by atoms with E-state index in [0.717, 1.165) is 0 Å². The summed E-state index contributed by atoms with van der Waals surface area (Å²) >= 11 is 0. The maximum Gasteiger partial charge on any atom is 0.343 e. The van der Waals surface area contributed by atoms with Crippen molar-refractivity contribution in [3.05, 3.63) is 35.4 Å². The maximum absolute atomic E-state index is 12.6. The minimum Gasteiger partial charge on any atom is -0.504 e. The summed E-state index contributed by atoms with van der Waals surface area (Å²) in [6, 6.07) is 1.54. The highest BCUT2D eigenvalue weighted by molar-refractivity contribution is 5.98. The van der Waals surface area contributed by atoms with Crippen molar-refractivity contribution >= 4 is 17.8 Å². The Morgan fingerprint density at radius 3 is 2.59 bits per heavy atom. The minimum atomic E-state index is -0.827. The van der Waals surface area contributed by atoms with E-state index in [9.17, 15) is 19.8 Å². The Labute approximate surface area is 157 Å². The number of allylic oxidation sites excluding steroid dienone is 1. The Bertz CT molecular complexity index is 764. The lowest BCUT2D eigenvalue weighted by molar-refractivity contribution is -0.120. The third kappa shape index (κ3) is 5.10. The summed E-state index contributed by atoms with van der Waals surface area (Å²) in [4.78, 5) is 24.5. The van der Waals surface area contributed by atoms with Crippen LogP contribution < -0.4 is 9.47 Å². The first-order valence-corrected chi connectivity index (χ1v) is 8.59. The van der Waals surface area contributed by atoms with Gasteiger partial charge in [-0.2, -0.15) is 0 Å². The van der Waals surface area contributed by atoms with E-state index in [1.165, 1.54) is 20.3 Å². The molecule has 2 N–H and O–H groups in total. The number of ketones is 1. The van der Waals surface area contributed by atoms with Crippen molar-refractivity contribution in [1.29, 1.82) is 0 Å². The number of carbonyl (C=O) groups excluding carboxylic acids is 2. The molecule has 2 rings (SSSR count). The molecule has 0 saturated heterocycles. The third-order valence-electron chi connectivity index (χ3n) is 4.09. The summed E-state index contributed by atoms with van der Waals surface area (Å²) < 4.78 is 15.7. The molecule has 0 radical (unpaired) electrons. The predicted molar refractivity (Wildman–Crippen MR) is 99.1 cm³/mol. The molecule has 1 aliphatic heterocycles. The van der Waals surface area contributed by atoms with E-state index in [-0.39, 0.29) is 47.9 Å². The van der Waals surface area contributed by atoms with Crippen LogP contribution in [0.25, 0.3) is 6.08 Å². The zero-order valence-corrected chi connectivity index (χ0v) is 15.6. The monoisotopic (exact) mass is 376 g/mol. The summed E-state index contributed by atoms with van der Waals surface area (Å²) in [7, 11) is 2.77. The van der Waals surface area contributed by atoms with E-state index in [4.69, 9.17) is 14.2 Å². The van der Waals surface area contributed by atoms with Gasteiger partial charge in [0, 0.05) is 12.8 Å². The smallest absolute Gasteiger partial charge is 0.343 e. The number of hydrogen-bond donors (Lipinski definition) is 2. The van der Waals surface area contributed by atoms with Gasteiger partial charge in [-0.3, -0.25) is 4.79 Å². The molecule has 1 aromatic carbocycles. The number of methoxy groups -OCH3 is 2. The third-order valence-corrected chi connectivity index (χ3v) is 4.09. The lowest BCUT2D eigenvalue weighted by Gasteiger charge is -2.17. The molecule has 1 aromatic rings. The van der Waals surface area contributed by atoms with E-state index in [0.29, 0.717) is 5.56 Å². The first kappa shape index (κ1) is 20.5. The van der Waals surface area contributed by atoms with Gasteiger partial charge < -0.3 is 24.4 Å². The minimum absolute atomic E-state index is 0.0246. The van der Waals surface area contributed by atoms with Crippen LogP contribution in [-0.2, 0) is 9.53 Å². The Kier molecular flexibility index (Phi) is 7.01. The molecule has 0 aliphatic carbocycles. The average molecular weight is 376 g/mol. The van der Waals surface area contributed by atoms with Crippen LogP contribution in [0, 0.1) is 0 Å². The van der Waals surface area contributed by atoms with Gasteiger partial charge in [0.05, 0.1) is 20.3 Å². The number of carbonyl (C=O) groups is 2. The van der Waals surface area contributed by atoms with E-state index < -0.39 is 18.2 Å². The van der Waals surface area contributed by atoms with Crippen molar-refractivity contribution in [2.24, 2.45) is 0 Å². The highest BCUT2D eigenvalue weighted by Crippen LogP contribution is 2.42. The molecule has 7 nitrogen and oxygen atoms in total. The Hall–Kier alpha value is -2.80. The molecule has 1 heterocycles. The van der Waals surface area contributed by atoms with Crippen LogP contribution in [0.5, 0.6) is 17.2 Å². The van der Waals surface area contributed by atoms with Gasteiger partial charge in [0.1, 0.15) is 17.5 Å². The SMILES string of the molecule is COc1cc2c(c(O)c1OC)C(=O)O[C@@H](C)C=CCC(=O)C[C@@H](O)CC=C2. The standard InChI is InChI=1S/C20H24O7/c1-12-6-4-8-14(21)11-15(22)9-5-7-13-10-16(25-2)19(26-3)18(23)17(13)20(24)27-12/h4-7,10,12,15,22-23H,8-9,11H2,1-3H3/t12-,15-/m0/s1. The maximum atomic E-state index is 12.6. The number of aromatic hydroxyl groups is 1. The average Bonchev–Trinajstić information content (AvgIpc) is 2.60. The number of Topliss-reactive ketones (excluding diaryl/α,β-unsaturated/α-hetero) is 1. The van der Waals surface area contributed by atoms with E-state index in [2.05, 4.69) is 0 Å². The number of ether oxygens (including phenoxy) is 3. The second-order valence-electron chi connectivity index (χ2n) is 6.20. The summed E-state index contributed by atoms with van der Waals surface area (Å²) in [6.07, 6.45) is 5.34. The highest BCUT2D eigenvalue weighted by Gasteiger charge is 2.25. The van der Waals surface area contributed by atoms with Crippen LogP contribution in [0.1, 0.15) is 42.1 Å². The molecule has 0 aromatic heterocycles. The van der Waals surface area contributed by atoms with Crippen molar-refractivity contribution in [2.45, 2.75) is 38.4 Å². The van der Waals surface area contributed by atoms with Gasteiger partial charge in [-0.15, -0.1) is 0 Å². The number of phenolic OH excluding ortho intramolecular Hbond substituents is 1. The Balaban J connectivity index is 2.53. The molecule has 27 heavy (non-hydrogen) atoms. The number of fused-ring (bicyclic) bond motifs is 1. The van der Waals surface area contributed by atoms with Crippen molar-refractivity contribution < 1.29 is 34.0 Å². The number of esters is 1. The van der Waals surface area contributed by atoms with Crippen LogP contribution >= 0.6 is 0 Å². The lowest BCUT2D eigenvalue weighted by atomic mass is 10.0. The summed E-state index contributed by atoms with van der Waals surface area (Å²) in [5.41, 5.74) is 0.286. The van der Waals surface area contributed by atoms with Gasteiger partial charge in [-0.1, -0.05) is 18.2 Å². The molecule has 2 atom stereocenters. The number of aliphatic hydroxyl groups excluding tert-OH is 1. The fourth-order valence-electron chi connectivity index (χ4n) is 2.78. The van der Waals surface area contributed by atoms with E-state index in [1.807, 2.05) is 0 Å². The topological polar surface area (TPSA) is 102 Å². The fourth-order valence-corrected chi connectivity index (χ4v) is 2.78. The molecule has 7 heteroatoms. The van der Waals surface area contributed by atoms with Crippen LogP contribution in [-0.4, -0.2) is 48.4 Å². The molecule has 0 amide bonds. The summed E-state index contributed by atoms with van der Waals surface area (Å²) in [5.74, 6) is -0.964. The number of phenols is 1. The number of benzene rings is 1. The van der Waals surface area contributed by atoms with Gasteiger partial charge >= 0.3 is 5.97 Å². The summed E-state index contributed by atoms with van der Waals surface area (Å²) in [6.45, 7) is 1.65. The zero-order chi connectivity index (χ0) is 20.0. The second-order valence-corrected chi connectivity index (χ2v) is 6.20. The normalized spacial score (nSPS) is 21.2. The number of cyclic esters (lactones) is 1. The summed E-state index contributed by atoms with van der Waals surface area (Å²) in [5, 5.41) is 20.5. The molecular weight excluding hydrogens is 352 g/mol. The van der Waals surface area contributed by atoms with Crippen LogP contribution in [0.15, 0.2) is 24.3 Å². The van der Waals surface area contributed by atoms with Crippen molar-refractivity contribution in [3.8, 4) is 17.2 Å². The van der Waals surface area contributed by atoms with Crippen LogP contribution in [0.3, 0.4) is 0 Å². The van der Waals surface area contributed by atoms with Gasteiger partial charge in [0.25, 0.3) is 0 Å². The Morgan fingerprint density at radius 2 is 1.93 bits per heavy atom. The molecular formula is C20H24O7. The lowest BCUT2D eigenvalue weighted by Crippen LogP contribution is -2.16. The van der Waals surface area contributed by atoms with Gasteiger partial charge in [0.2, 0.25) is 5.75 Å². The van der Waals surface area contributed by atoms with E-state index >= 15 is 0 Å². The molecule has 0 fully saturated rings. The fraction of sp³-hybridized carbons (Fsp3) is 0.400. The number of hydrogen-bond acceptors (Lipinski definition) is 7. The predicted octanol–water partition coefficient (Wildman–Crippen LogP) is 2.64. The first-order chi connectivity index (χ1) is 12.9. The molecule has 0 spiro atoms. The number of rotatable bonds is 2. The zero-order valence-electron chi connectivity index (χ0n) is 15.6. The quantitative estimate of drug-likeness (QED) is 0.604. The van der Waals surface area contributed by atoms with Crippen molar-refractivity contribution in [3.63, 3.8) is 0 Å². The van der Waals surface area contributed by atoms with Gasteiger partial charge in [-0.25, -0.2) is 4.79 Å². The largest absolute Gasteiger partial charge is 0.504 e. The van der Waals surface area contributed by atoms with Crippen LogP contribution in [0.2, 0.25) is 0 Å². The molecule has 0 unspecified atom stereocenters. The van der Waals surface area contributed by atoms with Crippen molar-refractivity contribution in [2.75, 3.05) is 14.2 Å². The van der Waals surface area contributed by atoms with Crippen molar-refractivity contribution in [1.82, 2.24) is 0 Å². The number of aliphatic hydroxyl groups is 1. The first-order valence-electron chi connectivity index (χ1n) is 8.59. The Morgan fingerprint density at radius 1 is 1.19 bits per heavy atom. The van der Waals surface area contributed by atoms with E-state index in [1.54, 1.807) is 31.2 Å². The molecule has 0 saturated carbocycles.